The second-order valence-corrected chi connectivity index (χ2v) is 6.72. The van der Waals surface area contributed by atoms with Crippen molar-refractivity contribution >= 4 is 46.0 Å². The molecule has 1 aromatic heterocycles. The summed E-state index contributed by atoms with van der Waals surface area (Å²) in [6.45, 7) is 0. The Labute approximate surface area is 189 Å². The molecule has 0 spiro atoms. The Kier molecular flexibility index (Phi) is 6.76. The van der Waals surface area contributed by atoms with Gasteiger partial charge in [0.15, 0.2) is 5.92 Å². The standard InChI is InChI=1S/C21H16N4O9/c1-33-20(29)11-5-3-4-6-12(11)23-19(28)17(26)15(21(30)34-2)16-18(27)24-14-9-10(25(31)32)7-8-13(14)22-16/h3-9,15H,1-2H3,(H,23,28)(H,24,27)/t15-/m1/s1. The number of para-hydroxylation sites is 1. The van der Waals surface area contributed by atoms with Crippen LogP contribution in [-0.4, -0.2) is 52.7 Å². The molecule has 1 atom stereocenters. The zero-order chi connectivity index (χ0) is 25.0. The fraction of sp³-hybridized carbons (Fsp3) is 0.143. The lowest BCUT2D eigenvalue weighted by molar-refractivity contribution is -0.384. The number of carbonyl (C=O) groups excluding carboxylic acids is 4. The summed E-state index contributed by atoms with van der Waals surface area (Å²) in [4.78, 5) is 79.0. The average Bonchev–Trinajstić information content (AvgIpc) is 2.83. The first-order valence-electron chi connectivity index (χ1n) is 9.46. The van der Waals surface area contributed by atoms with Gasteiger partial charge in [-0.15, -0.1) is 0 Å². The summed E-state index contributed by atoms with van der Waals surface area (Å²) in [6, 6.07) is 9.04. The SMILES string of the molecule is COC(=O)c1ccccc1NC(=O)C(=O)[C@H](C(=O)OC)c1nc2ccc([N+](=O)[O-])cc2[nH]c1=O. The first-order valence-corrected chi connectivity index (χ1v) is 9.46. The van der Waals surface area contributed by atoms with Crippen LogP contribution < -0.4 is 10.9 Å². The van der Waals surface area contributed by atoms with Gasteiger partial charge in [0, 0.05) is 12.1 Å². The molecule has 0 aliphatic carbocycles. The van der Waals surface area contributed by atoms with Crippen LogP contribution >= 0.6 is 0 Å². The van der Waals surface area contributed by atoms with Gasteiger partial charge in [-0.25, -0.2) is 9.78 Å². The highest BCUT2D eigenvalue weighted by atomic mass is 16.6. The molecule has 0 radical (unpaired) electrons. The summed E-state index contributed by atoms with van der Waals surface area (Å²) in [5.74, 6) is -6.77. The van der Waals surface area contributed by atoms with Crippen LogP contribution in [0, 0.1) is 10.1 Å². The van der Waals surface area contributed by atoms with Crippen molar-refractivity contribution in [3.63, 3.8) is 0 Å². The number of ether oxygens (including phenoxy) is 2. The van der Waals surface area contributed by atoms with Crippen molar-refractivity contribution in [3.8, 4) is 0 Å². The van der Waals surface area contributed by atoms with Gasteiger partial charge in [-0.05, 0) is 18.2 Å². The Bertz CT molecular complexity index is 1400. The summed E-state index contributed by atoms with van der Waals surface area (Å²) < 4.78 is 9.21. The van der Waals surface area contributed by atoms with Gasteiger partial charge in [0.2, 0.25) is 5.78 Å². The van der Waals surface area contributed by atoms with E-state index in [1.165, 1.54) is 30.3 Å². The molecule has 3 rings (SSSR count). The fourth-order valence-corrected chi connectivity index (χ4v) is 3.05. The van der Waals surface area contributed by atoms with E-state index in [9.17, 15) is 34.1 Å². The first kappa shape index (κ1) is 23.7. The third-order valence-corrected chi connectivity index (χ3v) is 4.69. The van der Waals surface area contributed by atoms with Gasteiger partial charge in [0.25, 0.3) is 17.2 Å². The lowest BCUT2D eigenvalue weighted by Crippen LogP contribution is -2.37. The van der Waals surface area contributed by atoms with Gasteiger partial charge in [-0.2, -0.15) is 0 Å². The van der Waals surface area contributed by atoms with Crippen LogP contribution in [0.1, 0.15) is 22.0 Å². The lowest BCUT2D eigenvalue weighted by atomic mass is 9.99. The number of ketones is 1. The van der Waals surface area contributed by atoms with E-state index in [0.717, 1.165) is 26.4 Å². The number of Topliss-reactive ketones (excluding diaryl/α,β-unsaturated/α-hetero) is 1. The van der Waals surface area contributed by atoms with E-state index < -0.39 is 45.7 Å². The molecule has 174 valence electrons. The Morgan fingerprint density at radius 2 is 1.79 bits per heavy atom. The van der Waals surface area contributed by atoms with Crippen LogP contribution in [0.15, 0.2) is 47.3 Å². The molecule has 0 unspecified atom stereocenters. The van der Waals surface area contributed by atoms with Crippen molar-refractivity contribution in [2.24, 2.45) is 0 Å². The van der Waals surface area contributed by atoms with E-state index in [1.54, 1.807) is 0 Å². The quantitative estimate of drug-likeness (QED) is 0.167. The number of fused-ring (bicyclic) bond motifs is 1. The van der Waals surface area contributed by atoms with Gasteiger partial charge in [0.05, 0.1) is 41.4 Å². The number of non-ortho nitro benzene ring substituents is 1. The maximum atomic E-state index is 12.9. The van der Waals surface area contributed by atoms with Crippen LogP contribution in [0.4, 0.5) is 11.4 Å². The molecule has 1 amide bonds. The number of nitro benzene ring substituents is 1. The Hall–Kier alpha value is -4.94. The smallest absolute Gasteiger partial charge is 0.339 e. The lowest BCUT2D eigenvalue weighted by Gasteiger charge is -2.14. The van der Waals surface area contributed by atoms with Crippen molar-refractivity contribution in [3.05, 3.63) is 74.2 Å². The number of nitrogens with one attached hydrogen (secondary N) is 2. The minimum absolute atomic E-state index is 0.0181. The van der Waals surface area contributed by atoms with E-state index in [0.29, 0.717) is 0 Å². The molecule has 0 saturated heterocycles. The van der Waals surface area contributed by atoms with Crippen molar-refractivity contribution < 1.29 is 33.6 Å². The molecule has 34 heavy (non-hydrogen) atoms. The highest BCUT2D eigenvalue weighted by Crippen LogP contribution is 2.21. The minimum Gasteiger partial charge on any atom is -0.468 e. The molecule has 1 heterocycles. The number of aromatic amines is 1. The molecule has 2 aromatic carbocycles. The predicted molar refractivity (Wildman–Crippen MR) is 115 cm³/mol. The summed E-state index contributed by atoms with van der Waals surface area (Å²) in [5, 5.41) is 13.2. The number of nitrogens with zero attached hydrogens (tertiary/aromatic N) is 2. The maximum Gasteiger partial charge on any atom is 0.339 e. The largest absolute Gasteiger partial charge is 0.468 e. The second-order valence-electron chi connectivity index (χ2n) is 6.72. The van der Waals surface area contributed by atoms with Crippen LogP contribution in [0.25, 0.3) is 11.0 Å². The zero-order valence-electron chi connectivity index (χ0n) is 17.7. The summed E-state index contributed by atoms with van der Waals surface area (Å²) in [5.41, 5.74) is -2.10. The zero-order valence-corrected chi connectivity index (χ0v) is 17.7. The topological polar surface area (TPSA) is 188 Å². The summed E-state index contributed by atoms with van der Waals surface area (Å²) >= 11 is 0. The van der Waals surface area contributed by atoms with E-state index in [-0.39, 0.29) is 28.0 Å². The Morgan fingerprint density at radius 1 is 1.09 bits per heavy atom. The van der Waals surface area contributed by atoms with Crippen LogP contribution in [0.3, 0.4) is 0 Å². The van der Waals surface area contributed by atoms with Crippen molar-refractivity contribution in [1.29, 1.82) is 0 Å². The molecular formula is C21H16N4O9. The van der Waals surface area contributed by atoms with Crippen molar-refractivity contribution in [2.45, 2.75) is 5.92 Å². The van der Waals surface area contributed by atoms with Crippen LogP contribution in [-0.2, 0) is 23.9 Å². The van der Waals surface area contributed by atoms with Gasteiger partial charge in [-0.1, -0.05) is 12.1 Å². The van der Waals surface area contributed by atoms with Gasteiger partial charge >= 0.3 is 11.9 Å². The number of nitro groups is 1. The molecule has 0 aliphatic rings. The highest BCUT2D eigenvalue weighted by molar-refractivity contribution is 6.45. The number of esters is 2. The Balaban J connectivity index is 2.02. The van der Waals surface area contributed by atoms with Gasteiger partial charge in [0.1, 0.15) is 5.69 Å². The molecule has 0 bridgehead atoms. The van der Waals surface area contributed by atoms with Crippen LogP contribution in [0.2, 0.25) is 0 Å². The molecule has 3 aromatic rings. The maximum absolute atomic E-state index is 12.9. The number of amides is 1. The first-order chi connectivity index (χ1) is 16.2. The molecule has 13 nitrogen and oxygen atoms in total. The van der Waals surface area contributed by atoms with E-state index >= 15 is 0 Å². The Morgan fingerprint density at radius 3 is 2.44 bits per heavy atom. The minimum atomic E-state index is -2.04. The fourth-order valence-electron chi connectivity index (χ4n) is 3.05. The monoisotopic (exact) mass is 468 g/mol. The number of aromatic nitrogens is 2. The van der Waals surface area contributed by atoms with E-state index in [1.807, 2.05) is 0 Å². The number of benzene rings is 2. The average molecular weight is 468 g/mol. The third kappa shape index (κ3) is 4.62. The number of H-pyrrole nitrogens is 1. The number of rotatable bonds is 7. The van der Waals surface area contributed by atoms with E-state index in [4.69, 9.17) is 0 Å². The van der Waals surface area contributed by atoms with Gasteiger partial charge in [-0.3, -0.25) is 29.3 Å². The number of hydrogen-bond acceptors (Lipinski definition) is 10. The third-order valence-electron chi connectivity index (χ3n) is 4.69. The van der Waals surface area contributed by atoms with Crippen molar-refractivity contribution in [1.82, 2.24) is 9.97 Å². The van der Waals surface area contributed by atoms with E-state index in [2.05, 4.69) is 24.8 Å². The summed E-state index contributed by atoms with van der Waals surface area (Å²) in [7, 11) is 2.08. The summed E-state index contributed by atoms with van der Waals surface area (Å²) in [6.07, 6.45) is 0. The number of carbonyl (C=O) groups is 4. The van der Waals surface area contributed by atoms with Crippen LogP contribution in [0.5, 0.6) is 0 Å². The second kappa shape index (κ2) is 9.68. The van der Waals surface area contributed by atoms with Crippen molar-refractivity contribution in [2.75, 3.05) is 19.5 Å². The molecule has 2 N–H and O–H groups in total. The molecule has 0 aliphatic heterocycles. The number of anilines is 1. The number of methoxy groups -OCH3 is 2. The molecular weight excluding hydrogens is 452 g/mol. The normalized spacial score (nSPS) is 11.4. The highest BCUT2D eigenvalue weighted by Gasteiger charge is 2.38. The molecule has 13 heteroatoms. The van der Waals surface area contributed by atoms with Gasteiger partial charge < -0.3 is 19.8 Å². The molecule has 0 saturated carbocycles. The predicted octanol–water partition coefficient (Wildman–Crippen LogP) is 1.08. The molecule has 0 fully saturated rings. The number of hydrogen-bond donors (Lipinski definition) is 2.